The van der Waals surface area contributed by atoms with Gasteiger partial charge >= 0.3 is 0 Å². The summed E-state index contributed by atoms with van der Waals surface area (Å²) in [5.74, 6) is 1.73. The van der Waals surface area contributed by atoms with E-state index in [1.807, 2.05) is 0 Å². The van der Waals surface area contributed by atoms with E-state index in [4.69, 9.17) is 9.98 Å². The zero-order chi connectivity index (χ0) is 21.9. The van der Waals surface area contributed by atoms with Crippen molar-refractivity contribution in [3.05, 3.63) is 65.2 Å². The molecule has 0 fully saturated rings. The highest BCUT2D eigenvalue weighted by Crippen LogP contribution is 2.35. The van der Waals surface area contributed by atoms with E-state index in [0.29, 0.717) is 11.8 Å². The maximum atomic E-state index is 5.33. The second-order valence-electron chi connectivity index (χ2n) is 10.00. The van der Waals surface area contributed by atoms with Crippen LogP contribution in [0.4, 0.5) is 5.69 Å². The molecule has 0 radical (unpaired) electrons. The number of benzene rings is 2. The first-order valence-corrected chi connectivity index (χ1v) is 11.3. The van der Waals surface area contributed by atoms with Crippen LogP contribution in [-0.4, -0.2) is 24.1 Å². The summed E-state index contributed by atoms with van der Waals surface area (Å²) in [5.41, 5.74) is 5.86. The van der Waals surface area contributed by atoms with E-state index in [1.54, 1.807) is 0 Å². The molecule has 30 heavy (non-hydrogen) atoms. The van der Waals surface area contributed by atoms with Crippen LogP contribution in [0, 0.1) is 5.41 Å². The van der Waals surface area contributed by atoms with Gasteiger partial charge in [-0.25, -0.2) is 4.99 Å². The summed E-state index contributed by atoms with van der Waals surface area (Å²) in [7, 11) is 0. The third-order valence-corrected chi connectivity index (χ3v) is 5.83. The SMILES string of the molecule is CC(C)c1cccc(C(C)C)c1/N=C(/C1=N[C@@H](C(C)(C)C)CCN1)c1ccccc1. The van der Waals surface area contributed by atoms with E-state index in [2.05, 4.69) is 102 Å². The molecular weight excluding hydrogens is 366 g/mol. The smallest absolute Gasteiger partial charge is 0.148 e. The first kappa shape index (κ1) is 22.3. The Balaban J connectivity index is 2.23. The largest absolute Gasteiger partial charge is 0.368 e. The Labute approximate surface area is 182 Å². The van der Waals surface area contributed by atoms with E-state index in [0.717, 1.165) is 35.8 Å². The van der Waals surface area contributed by atoms with Crippen molar-refractivity contribution in [3.8, 4) is 0 Å². The molecule has 3 nitrogen and oxygen atoms in total. The van der Waals surface area contributed by atoms with Gasteiger partial charge in [0.25, 0.3) is 0 Å². The van der Waals surface area contributed by atoms with Crippen LogP contribution in [0.2, 0.25) is 0 Å². The number of amidine groups is 1. The van der Waals surface area contributed by atoms with Gasteiger partial charge in [0.1, 0.15) is 11.5 Å². The minimum atomic E-state index is 0.133. The molecule has 1 atom stereocenters. The van der Waals surface area contributed by atoms with Gasteiger partial charge in [-0.15, -0.1) is 0 Å². The van der Waals surface area contributed by atoms with Crippen molar-refractivity contribution in [2.24, 2.45) is 15.4 Å². The van der Waals surface area contributed by atoms with E-state index in [-0.39, 0.29) is 11.5 Å². The highest BCUT2D eigenvalue weighted by Gasteiger charge is 2.29. The lowest BCUT2D eigenvalue weighted by atomic mass is 9.84. The number of para-hydroxylation sites is 1. The number of nitrogens with zero attached hydrogens (tertiary/aromatic N) is 2. The molecule has 0 amide bonds. The Hall–Kier alpha value is -2.42. The average molecular weight is 404 g/mol. The zero-order valence-corrected chi connectivity index (χ0v) is 19.7. The summed E-state index contributed by atoms with van der Waals surface area (Å²) in [6, 6.07) is 17.4. The van der Waals surface area contributed by atoms with Crippen molar-refractivity contribution in [1.29, 1.82) is 0 Å². The Morgan fingerprint density at radius 1 is 0.933 bits per heavy atom. The minimum Gasteiger partial charge on any atom is -0.368 e. The first-order valence-electron chi connectivity index (χ1n) is 11.3. The molecule has 0 unspecified atom stereocenters. The Morgan fingerprint density at radius 2 is 1.53 bits per heavy atom. The van der Waals surface area contributed by atoms with E-state index >= 15 is 0 Å². The third-order valence-electron chi connectivity index (χ3n) is 5.83. The maximum Gasteiger partial charge on any atom is 0.148 e. The second kappa shape index (κ2) is 9.16. The molecule has 1 aliphatic heterocycles. The number of rotatable bonds is 5. The van der Waals surface area contributed by atoms with Gasteiger partial charge in [-0.3, -0.25) is 4.99 Å². The fourth-order valence-electron chi connectivity index (χ4n) is 3.97. The molecule has 0 bridgehead atoms. The summed E-state index contributed by atoms with van der Waals surface area (Å²) in [6.07, 6.45) is 1.05. The molecule has 0 saturated carbocycles. The van der Waals surface area contributed by atoms with E-state index < -0.39 is 0 Å². The van der Waals surface area contributed by atoms with Gasteiger partial charge in [-0.05, 0) is 34.8 Å². The van der Waals surface area contributed by atoms with Crippen molar-refractivity contribution in [1.82, 2.24) is 5.32 Å². The maximum absolute atomic E-state index is 5.33. The molecule has 0 saturated heterocycles. The standard InChI is InChI=1S/C27H37N3/c1-18(2)21-14-11-15-22(19(3)4)25(21)30-24(20-12-9-8-10-13-20)26-28-17-16-23(29-26)27(5,6)7/h8-15,18-19,23H,16-17H2,1-7H3,(H,28,29)/b30-24+/t23-/m1/s1. The number of nitrogens with one attached hydrogen (secondary N) is 1. The third kappa shape index (κ3) is 5.00. The molecule has 0 spiro atoms. The van der Waals surface area contributed by atoms with Crippen LogP contribution < -0.4 is 5.32 Å². The lowest BCUT2D eigenvalue weighted by molar-refractivity contribution is 0.301. The van der Waals surface area contributed by atoms with Crippen molar-refractivity contribution in [2.75, 3.05) is 6.54 Å². The van der Waals surface area contributed by atoms with Crippen molar-refractivity contribution < 1.29 is 0 Å². The quantitative estimate of drug-likeness (QED) is 0.544. The summed E-state index contributed by atoms with van der Waals surface area (Å²) in [6.45, 7) is 16.7. The molecule has 1 heterocycles. The predicted octanol–water partition coefficient (Wildman–Crippen LogP) is 6.86. The zero-order valence-electron chi connectivity index (χ0n) is 19.7. The summed E-state index contributed by atoms with van der Waals surface area (Å²) < 4.78 is 0. The van der Waals surface area contributed by atoms with Gasteiger partial charge in [0, 0.05) is 12.1 Å². The van der Waals surface area contributed by atoms with Gasteiger partial charge in [-0.1, -0.05) is 97.0 Å². The van der Waals surface area contributed by atoms with Crippen molar-refractivity contribution in [3.63, 3.8) is 0 Å². The lowest BCUT2D eigenvalue weighted by Crippen LogP contribution is -2.42. The molecule has 0 aliphatic carbocycles. The van der Waals surface area contributed by atoms with E-state index in [1.165, 1.54) is 11.1 Å². The Kier molecular flexibility index (Phi) is 6.80. The lowest BCUT2D eigenvalue weighted by Gasteiger charge is -2.32. The molecular formula is C27H37N3. The van der Waals surface area contributed by atoms with Gasteiger partial charge in [-0.2, -0.15) is 0 Å². The van der Waals surface area contributed by atoms with Crippen LogP contribution in [0.5, 0.6) is 0 Å². The van der Waals surface area contributed by atoms with Crippen molar-refractivity contribution >= 4 is 17.2 Å². The second-order valence-corrected chi connectivity index (χ2v) is 10.00. The number of hydrogen-bond donors (Lipinski definition) is 1. The highest BCUT2D eigenvalue weighted by molar-refractivity contribution is 6.48. The molecule has 2 aromatic rings. The molecule has 1 aliphatic rings. The van der Waals surface area contributed by atoms with Gasteiger partial charge in [0.05, 0.1) is 11.7 Å². The first-order chi connectivity index (χ1) is 14.2. The fraction of sp³-hybridized carbons (Fsp3) is 0.481. The van der Waals surface area contributed by atoms with Crippen LogP contribution >= 0.6 is 0 Å². The van der Waals surface area contributed by atoms with Crippen LogP contribution in [0.25, 0.3) is 0 Å². The predicted molar refractivity (Wildman–Crippen MR) is 131 cm³/mol. The summed E-state index contributed by atoms with van der Waals surface area (Å²) in [4.78, 5) is 10.5. The Morgan fingerprint density at radius 3 is 2.07 bits per heavy atom. The average Bonchev–Trinajstić information content (AvgIpc) is 2.71. The number of aliphatic imine (C=N–C) groups is 2. The van der Waals surface area contributed by atoms with Gasteiger partial charge < -0.3 is 5.32 Å². The minimum absolute atomic E-state index is 0.133. The van der Waals surface area contributed by atoms with Crippen LogP contribution in [0.15, 0.2) is 58.5 Å². The summed E-state index contributed by atoms with van der Waals surface area (Å²) >= 11 is 0. The molecule has 0 aromatic heterocycles. The molecule has 3 rings (SSSR count). The number of hydrogen-bond acceptors (Lipinski definition) is 3. The molecule has 2 aromatic carbocycles. The molecule has 160 valence electrons. The van der Waals surface area contributed by atoms with Crippen LogP contribution in [-0.2, 0) is 0 Å². The van der Waals surface area contributed by atoms with Crippen LogP contribution in [0.3, 0.4) is 0 Å². The van der Waals surface area contributed by atoms with Crippen LogP contribution in [0.1, 0.15) is 83.4 Å². The highest BCUT2D eigenvalue weighted by atomic mass is 15.1. The normalized spacial score (nSPS) is 17.8. The molecule has 1 N–H and O–H groups in total. The molecule has 3 heteroatoms. The van der Waals surface area contributed by atoms with Gasteiger partial charge in [0.2, 0.25) is 0 Å². The summed E-state index contributed by atoms with van der Waals surface area (Å²) in [5, 5.41) is 3.56. The van der Waals surface area contributed by atoms with E-state index in [9.17, 15) is 0 Å². The van der Waals surface area contributed by atoms with Crippen molar-refractivity contribution in [2.45, 2.75) is 72.8 Å². The van der Waals surface area contributed by atoms with Gasteiger partial charge in [0.15, 0.2) is 0 Å². The Bertz CT molecular complexity index is 889. The monoisotopic (exact) mass is 403 g/mol. The fourth-order valence-corrected chi connectivity index (χ4v) is 3.97. The topological polar surface area (TPSA) is 36.8 Å².